The first-order valence-corrected chi connectivity index (χ1v) is 11.4. The summed E-state index contributed by atoms with van der Waals surface area (Å²) < 4.78 is 29.8. The SMILES string of the molecule is [2H]C([2H])([2H])c1cnc(-c2ccc3oc4nc(-c5c(C)cc(C)cc5C)ccc4c3c2)cc1CC(C)C. The summed E-state index contributed by atoms with van der Waals surface area (Å²) >= 11 is 0. The van der Waals surface area contributed by atoms with E-state index in [9.17, 15) is 0 Å². The molecule has 5 aromatic rings. The lowest BCUT2D eigenvalue weighted by atomic mass is 9.96. The van der Waals surface area contributed by atoms with Gasteiger partial charge in [0.15, 0.2) is 0 Å². The Balaban J connectivity index is 1.61. The summed E-state index contributed by atoms with van der Waals surface area (Å²) in [5.74, 6) is 0.336. The maximum absolute atomic E-state index is 7.90. The van der Waals surface area contributed by atoms with E-state index < -0.39 is 6.85 Å². The molecule has 33 heavy (non-hydrogen) atoms. The van der Waals surface area contributed by atoms with Crippen molar-refractivity contribution >= 4 is 22.1 Å². The zero-order valence-corrected chi connectivity index (χ0v) is 19.8. The molecule has 0 unspecified atom stereocenters. The molecule has 0 spiro atoms. The number of hydrogen-bond donors (Lipinski definition) is 0. The second-order valence-electron chi connectivity index (χ2n) is 9.46. The van der Waals surface area contributed by atoms with E-state index in [1.165, 1.54) is 22.9 Å². The first-order valence-electron chi connectivity index (χ1n) is 12.9. The molecule has 3 nitrogen and oxygen atoms in total. The molecule has 0 aliphatic carbocycles. The molecule has 166 valence electrons. The van der Waals surface area contributed by atoms with Crippen LogP contribution in [0.15, 0.2) is 59.1 Å². The minimum absolute atomic E-state index is 0.327. The fourth-order valence-corrected chi connectivity index (χ4v) is 4.80. The van der Waals surface area contributed by atoms with Crippen molar-refractivity contribution in [2.75, 3.05) is 0 Å². The molecule has 3 heteroatoms. The van der Waals surface area contributed by atoms with Crippen LogP contribution in [0.5, 0.6) is 0 Å². The Bertz CT molecular complexity index is 1590. The summed E-state index contributed by atoms with van der Waals surface area (Å²) in [6, 6.07) is 16.4. The van der Waals surface area contributed by atoms with E-state index in [1.807, 2.05) is 18.2 Å². The molecule has 0 N–H and O–H groups in total. The van der Waals surface area contributed by atoms with Gasteiger partial charge in [0.1, 0.15) is 5.58 Å². The van der Waals surface area contributed by atoms with Gasteiger partial charge in [-0.1, -0.05) is 31.5 Å². The van der Waals surface area contributed by atoms with Gasteiger partial charge < -0.3 is 4.42 Å². The van der Waals surface area contributed by atoms with Crippen molar-refractivity contribution in [3.63, 3.8) is 0 Å². The van der Waals surface area contributed by atoms with Crippen LogP contribution in [0, 0.1) is 33.5 Å². The average molecular weight is 438 g/mol. The predicted octanol–water partition coefficient (Wildman–Crippen LogP) is 8.14. The number of hydrogen-bond acceptors (Lipinski definition) is 3. The molecule has 0 aliphatic rings. The first-order chi connectivity index (χ1) is 17.0. The van der Waals surface area contributed by atoms with E-state index in [4.69, 9.17) is 13.5 Å². The van der Waals surface area contributed by atoms with Gasteiger partial charge in [-0.25, -0.2) is 4.98 Å². The van der Waals surface area contributed by atoms with Crippen LogP contribution in [-0.2, 0) is 6.42 Å². The van der Waals surface area contributed by atoms with Crippen LogP contribution in [0.4, 0.5) is 0 Å². The predicted molar refractivity (Wildman–Crippen MR) is 138 cm³/mol. The molecule has 0 radical (unpaired) electrons. The number of benzene rings is 2. The molecule has 5 rings (SSSR count). The van der Waals surface area contributed by atoms with E-state index in [-0.39, 0.29) is 0 Å². The van der Waals surface area contributed by atoms with Crippen LogP contribution in [0.2, 0.25) is 0 Å². The molecule has 2 aromatic carbocycles. The quantitative estimate of drug-likeness (QED) is 0.285. The molecule has 0 saturated carbocycles. The van der Waals surface area contributed by atoms with Crippen molar-refractivity contribution in [2.45, 2.75) is 47.9 Å². The fraction of sp³-hybridized carbons (Fsp3) is 0.267. The van der Waals surface area contributed by atoms with Gasteiger partial charge in [-0.3, -0.25) is 4.98 Å². The van der Waals surface area contributed by atoms with Crippen molar-refractivity contribution in [2.24, 2.45) is 5.92 Å². The average Bonchev–Trinajstić information content (AvgIpc) is 3.14. The third kappa shape index (κ3) is 3.93. The van der Waals surface area contributed by atoms with E-state index in [2.05, 4.69) is 69.9 Å². The van der Waals surface area contributed by atoms with E-state index in [0.717, 1.165) is 44.4 Å². The number of aromatic nitrogens is 2. The Hall–Kier alpha value is -3.46. The molecular formula is C30H30N2O. The minimum Gasteiger partial charge on any atom is -0.438 e. The first kappa shape index (κ1) is 18.0. The van der Waals surface area contributed by atoms with Gasteiger partial charge in [0, 0.05) is 32.2 Å². The number of pyridine rings is 2. The summed E-state index contributed by atoms with van der Waals surface area (Å²) in [4.78, 5) is 9.41. The summed E-state index contributed by atoms with van der Waals surface area (Å²) in [6.07, 6.45) is 2.20. The van der Waals surface area contributed by atoms with Crippen molar-refractivity contribution in [3.05, 3.63) is 82.5 Å². The summed E-state index contributed by atoms with van der Waals surface area (Å²) in [6.45, 7) is 8.34. The molecule has 3 heterocycles. The lowest BCUT2D eigenvalue weighted by Crippen LogP contribution is -1.98. The highest BCUT2D eigenvalue weighted by atomic mass is 16.3. The zero-order valence-electron chi connectivity index (χ0n) is 22.8. The van der Waals surface area contributed by atoms with Gasteiger partial charge in [-0.05, 0) is 98.6 Å². The molecular weight excluding hydrogens is 404 g/mol. The van der Waals surface area contributed by atoms with Crippen LogP contribution >= 0.6 is 0 Å². The van der Waals surface area contributed by atoms with Crippen LogP contribution in [0.25, 0.3) is 44.6 Å². The lowest BCUT2D eigenvalue weighted by molar-refractivity contribution is 0.644. The number of rotatable bonds is 4. The topological polar surface area (TPSA) is 38.9 Å². The number of aryl methyl sites for hydroxylation is 4. The Morgan fingerprint density at radius 1 is 0.879 bits per heavy atom. The highest BCUT2D eigenvalue weighted by Crippen LogP contribution is 2.34. The molecule has 3 aromatic heterocycles. The molecule has 0 aliphatic heterocycles. The van der Waals surface area contributed by atoms with Crippen LogP contribution < -0.4 is 0 Å². The largest absolute Gasteiger partial charge is 0.438 e. The van der Waals surface area contributed by atoms with Crippen LogP contribution in [-0.4, -0.2) is 9.97 Å². The molecule has 0 bridgehead atoms. The summed E-state index contributed by atoms with van der Waals surface area (Å²) in [5, 5.41) is 1.91. The maximum atomic E-state index is 7.90. The van der Waals surface area contributed by atoms with E-state index in [0.29, 0.717) is 23.6 Å². The number of fused-ring (bicyclic) bond motifs is 3. The van der Waals surface area contributed by atoms with E-state index in [1.54, 1.807) is 0 Å². The van der Waals surface area contributed by atoms with Crippen molar-refractivity contribution in [3.8, 4) is 22.5 Å². The van der Waals surface area contributed by atoms with Gasteiger partial charge in [-0.15, -0.1) is 0 Å². The second kappa shape index (κ2) is 8.15. The second-order valence-corrected chi connectivity index (χ2v) is 9.46. The Labute approximate surface area is 199 Å². The number of furan rings is 1. The summed E-state index contributed by atoms with van der Waals surface area (Å²) in [5.41, 5.74) is 9.85. The summed E-state index contributed by atoms with van der Waals surface area (Å²) in [7, 11) is 0. The maximum Gasteiger partial charge on any atom is 0.227 e. The third-order valence-electron chi connectivity index (χ3n) is 6.18. The number of nitrogens with zero attached hydrogens (tertiary/aromatic N) is 2. The van der Waals surface area contributed by atoms with Crippen molar-refractivity contribution in [1.29, 1.82) is 0 Å². The molecule has 0 fully saturated rings. The Kier molecular flexibility index (Phi) is 4.45. The van der Waals surface area contributed by atoms with Crippen LogP contribution in [0.3, 0.4) is 0 Å². The highest BCUT2D eigenvalue weighted by molar-refractivity contribution is 6.05. The normalized spacial score (nSPS) is 13.5. The minimum atomic E-state index is -2.18. The Morgan fingerprint density at radius 2 is 1.67 bits per heavy atom. The van der Waals surface area contributed by atoms with Gasteiger partial charge in [-0.2, -0.15) is 0 Å². The third-order valence-corrected chi connectivity index (χ3v) is 6.18. The van der Waals surface area contributed by atoms with Crippen LogP contribution in [0.1, 0.15) is 45.8 Å². The standard InChI is InChI=1S/C30H30N2O/c1-17(2)11-23-15-27(31-16-21(23)6)22-7-10-28-25(14-22)24-8-9-26(32-30(24)33-28)29-19(4)12-18(3)13-20(29)5/h7-10,12-17H,11H2,1-6H3/i6D3. The molecule has 0 atom stereocenters. The van der Waals surface area contributed by atoms with Gasteiger partial charge in [0.05, 0.1) is 11.4 Å². The lowest BCUT2D eigenvalue weighted by Gasteiger charge is -2.11. The highest BCUT2D eigenvalue weighted by Gasteiger charge is 2.14. The van der Waals surface area contributed by atoms with Crippen molar-refractivity contribution < 1.29 is 8.53 Å². The smallest absolute Gasteiger partial charge is 0.227 e. The van der Waals surface area contributed by atoms with Gasteiger partial charge in [0.25, 0.3) is 0 Å². The molecule has 0 saturated heterocycles. The van der Waals surface area contributed by atoms with Gasteiger partial charge in [0.2, 0.25) is 5.71 Å². The fourth-order valence-electron chi connectivity index (χ4n) is 4.80. The molecule has 0 amide bonds. The van der Waals surface area contributed by atoms with Crippen molar-refractivity contribution in [1.82, 2.24) is 9.97 Å². The zero-order chi connectivity index (χ0) is 25.8. The van der Waals surface area contributed by atoms with Gasteiger partial charge >= 0.3 is 0 Å². The van der Waals surface area contributed by atoms with E-state index >= 15 is 0 Å². The Morgan fingerprint density at radius 3 is 2.39 bits per heavy atom. The monoisotopic (exact) mass is 437 g/mol.